The fourth-order valence-electron chi connectivity index (χ4n) is 1.44. The van der Waals surface area contributed by atoms with Gasteiger partial charge in [0.05, 0.1) is 6.10 Å². The van der Waals surface area contributed by atoms with Crippen molar-refractivity contribution in [1.82, 2.24) is 0 Å². The van der Waals surface area contributed by atoms with E-state index in [1.807, 2.05) is 13.8 Å². The van der Waals surface area contributed by atoms with Crippen LogP contribution in [0.4, 0.5) is 0 Å². The first-order chi connectivity index (χ1) is 7.06. The van der Waals surface area contributed by atoms with E-state index in [4.69, 9.17) is 22.8 Å². The Morgan fingerprint density at radius 2 is 1.67 bits per heavy atom. The van der Waals surface area contributed by atoms with Gasteiger partial charge < -0.3 is 22.8 Å². The maximum Gasteiger partial charge on any atom is 0.502 e. The maximum absolute atomic E-state index is 5.61. The monoisotopic (exact) mass is 236 g/mol. The van der Waals surface area contributed by atoms with Gasteiger partial charge in [0.2, 0.25) is 0 Å². The fourth-order valence-corrected chi connectivity index (χ4v) is 3.24. The molecule has 0 saturated carbocycles. The Hall–Kier alpha value is 0.0169. The van der Waals surface area contributed by atoms with E-state index < -0.39 is 8.80 Å². The maximum atomic E-state index is 5.61. The molecule has 0 spiro atoms. The minimum atomic E-state index is -2.52. The zero-order valence-electron chi connectivity index (χ0n) is 9.98. The van der Waals surface area contributed by atoms with E-state index in [0.717, 1.165) is 0 Å². The summed E-state index contributed by atoms with van der Waals surface area (Å²) in [6, 6.07) is 0.628. The lowest BCUT2D eigenvalue weighted by atomic mass is 10.4. The summed E-state index contributed by atoms with van der Waals surface area (Å²) >= 11 is 0. The molecule has 1 saturated heterocycles. The molecule has 1 fully saturated rings. The Kier molecular flexibility index (Phi) is 4.69. The molecule has 6 heteroatoms. The largest absolute Gasteiger partial charge is 0.502 e. The summed E-state index contributed by atoms with van der Waals surface area (Å²) in [6.45, 7) is 3.94. The van der Waals surface area contributed by atoms with Gasteiger partial charge in [0, 0.05) is 27.4 Å². The third kappa shape index (κ3) is 3.51. The van der Waals surface area contributed by atoms with Crippen molar-refractivity contribution in [2.24, 2.45) is 0 Å². The minimum absolute atomic E-state index is 0.00599. The molecule has 1 aliphatic heterocycles. The second-order valence-corrected chi connectivity index (χ2v) is 6.65. The molecular weight excluding hydrogens is 216 g/mol. The zero-order valence-corrected chi connectivity index (χ0v) is 11.0. The van der Waals surface area contributed by atoms with E-state index >= 15 is 0 Å². The summed E-state index contributed by atoms with van der Waals surface area (Å²) < 4.78 is 26.7. The lowest BCUT2D eigenvalue weighted by Crippen LogP contribution is -2.45. The molecule has 3 atom stereocenters. The number of hydrogen-bond donors (Lipinski definition) is 0. The third-order valence-electron chi connectivity index (χ3n) is 2.49. The summed E-state index contributed by atoms with van der Waals surface area (Å²) in [5.41, 5.74) is 0. The van der Waals surface area contributed by atoms with E-state index in [1.165, 1.54) is 0 Å². The highest BCUT2D eigenvalue weighted by atomic mass is 28.4. The molecule has 1 aliphatic rings. The average molecular weight is 236 g/mol. The van der Waals surface area contributed by atoms with Crippen molar-refractivity contribution in [2.75, 3.05) is 21.3 Å². The van der Waals surface area contributed by atoms with Crippen molar-refractivity contribution >= 4 is 8.80 Å². The molecule has 0 amide bonds. The molecule has 0 aromatic heterocycles. The number of hydrogen-bond acceptors (Lipinski definition) is 5. The van der Waals surface area contributed by atoms with E-state index in [-0.39, 0.29) is 18.5 Å². The lowest BCUT2D eigenvalue weighted by Gasteiger charge is -2.26. The molecular formula is C9H20O5Si. The van der Waals surface area contributed by atoms with Crippen molar-refractivity contribution in [3.05, 3.63) is 0 Å². The van der Waals surface area contributed by atoms with Crippen molar-refractivity contribution < 1.29 is 22.8 Å². The molecule has 1 rings (SSSR count). The van der Waals surface area contributed by atoms with E-state index in [1.54, 1.807) is 21.3 Å². The van der Waals surface area contributed by atoms with Gasteiger partial charge in [-0.15, -0.1) is 0 Å². The van der Waals surface area contributed by atoms with E-state index in [0.29, 0.717) is 6.04 Å². The highest BCUT2D eigenvalue weighted by Gasteiger charge is 2.43. The van der Waals surface area contributed by atoms with Crippen LogP contribution in [-0.2, 0) is 22.8 Å². The molecule has 1 heterocycles. The standard InChI is InChI=1S/C9H20O5Si/c1-7(13-9-8(2)14-9)6-15(10-3,11-4)12-5/h7-9H,6H2,1-5H3. The third-order valence-corrected chi connectivity index (χ3v) is 5.43. The molecule has 3 unspecified atom stereocenters. The summed E-state index contributed by atoms with van der Waals surface area (Å²) in [4.78, 5) is 0. The van der Waals surface area contributed by atoms with Gasteiger partial charge in [0.15, 0.2) is 6.29 Å². The van der Waals surface area contributed by atoms with Crippen LogP contribution in [0.3, 0.4) is 0 Å². The Labute approximate surface area is 92.0 Å². The van der Waals surface area contributed by atoms with Gasteiger partial charge in [0.25, 0.3) is 0 Å². The van der Waals surface area contributed by atoms with Gasteiger partial charge in [-0.2, -0.15) is 0 Å². The quantitative estimate of drug-likeness (QED) is 0.488. The Morgan fingerprint density at radius 1 is 1.20 bits per heavy atom. The van der Waals surface area contributed by atoms with Crippen LogP contribution < -0.4 is 0 Å². The average Bonchev–Trinajstić information content (AvgIpc) is 2.91. The molecule has 0 aliphatic carbocycles. The van der Waals surface area contributed by atoms with Gasteiger partial charge in [-0.1, -0.05) is 0 Å². The van der Waals surface area contributed by atoms with Crippen LogP contribution >= 0.6 is 0 Å². The molecule has 5 nitrogen and oxygen atoms in total. The van der Waals surface area contributed by atoms with Gasteiger partial charge in [-0.25, -0.2) is 0 Å². The zero-order chi connectivity index (χ0) is 11.5. The van der Waals surface area contributed by atoms with E-state index in [2.05, 4.69) is 0 Å². The molecule has 0 radical (unpaired) electrons. The summed E-state index contributed by atoms with van der Waals surface area (Å²) in [5.74, 6) is 0. The SMILES string of the molecule is CO[Si](CC(C)OC1OC1C)(OC)OC. The molecule has 0 N–H and O–H groups in total. The highest BCUT2D eigenvalue weighted by molar-refractivity contribution is 6.60. The van der Waals surface area contributed by atoms with Gasteiger partial charge in [-0.05, 0) is 13.8 Å². The van der Waals surface area contributed by atoms with Crippen molar-refractivity contribution in [1.29, 1.82) is 0 Å². The van der Waals surface area contributed by atoms with Gasteiger partial charge >= 0.3 is 8.80 Å². The molecule has 0 aromatic rings. The second kappa shape index (κ2) is 5.38. The molecule has 90 valence electrons. The highest BCUT2D eigenvalue weighted by Crippen LogP contribution is 2.26. The fraction of sp³-hybridized carbons (Fsp3) is 1.00. The topological polar surface area (TPSA) is 49.5 Å². The van der Waals surface area contributed by atoms with Crippen molar-refractivity contribution in [3.8, 4) is 0 Å². The molecule has 0 aromatic carbocycles. The Balaban J connectivity index is 2.36. The van der Waals surface area contributed by atoms with Crippen LogP contribution in [0, 0.1) is 0 Å². The van der Waals surface area contributed by atoms with Crippen LogP contribution in [0.15, 0.2) is 0 Å². The van der Waals surface area contributed by atoms with Crippen LogP contribution in [0.2, 0.25) is 6.04 Å². The van der Waals surface area contributed by atoms with Gasteiger partial charge in [0.1, 0.15) is 6.10 Å². The van der Waals surface area contributed by atoms with Crippen LogP contribution in [0.25, 0.3) is 0 Å². The molecule has 15 heavy (non-hydrogen) atoms. The van der Waals surface area contributed by atoms with Crippen LogP contribution in [0.1, 0.15) is 13.8 Å². The minimum Gasteiger partial charge on any atom is -0.377 e. The first-order valence-corrected chi connectivity index (χ1v) is 6.96. The van der Waals surface area contributed by atoms with E-state index in [9.17, 15) is 0 Å². The number of ether oxygens (including phenoxy) is 2. The second-order valence-electron chi connectivity index (χ2n) is 3.66. The molecule has 0 bridgehead atoms. The predicted octanol–water partition coefficient (Wildman–Crippen LogP) is 1.01. The number of epoxide rings is 1. The first kappa shape index (κ1) is 13.1. The smallest absolute Gasteiger partial charge is 0.377 e. The Morgan fingerprint density at radius 3 is 2.00 bits per heavy atom. The summed E-state index contributed by atoms with van der Waals surface area (Å²) in [5, 5.41) is 0. The number of rotatable bonds is 7. The lowest BCUT2D eigenvalue weighted by molar-refractivity contribution is -0.00349. The van der Waals surface area contributed by atoms with Crippen LogP contribution in [-0.4, -0.2) is 48.6 Å². The summed E-state index contributed by atoms with van der Waals surface area (Å²) in [6.07, 6.45) is 0.139. The summed E-state index contributed by atoms with van der Waals surface area (Å²) in [7, 11) is 2.28. The van der Waals surface area contributed by atoms with Crippen LogP contribution in [0.5, 0.6) is 0 Å². The predicted molar refractivity (Wildman–Crippen MR) is 56.5 cm³/mol. The van der Waals surface area contributed by atoms with Gasteiger partial charge in [-0.3, -0.25) is 0 Å². The Bertz CT molecular complexity index is 189. The van der Waals surface area contributed by atoms with Crippen molar-refractivity contribution in [3.63, 3.8) is 0 Å². The first-order valence-electron chi connectivity index (χ1n) is 5.03. The van der Waals surface area contributed by atoms with Crippen molar-refractivity contribution in [2.45, 2.75) is 38.4 Å². The normalized spacial score (nSPS) is 27.8.